The van der Waals surface area contributed by atoms with Gasteiger partial charge in [-0.05, 0) is 55.3 Å². The number of pyridine rings is 1. The molecular formula is C21H20BrN5O. The molecule has 1 aliphatic heterocycles. The van der Waals surface area contributed by atoms with Crippen molar-refractivity contribution in [2.24, 2.45) is 5.92 Å². The first-order valence-corrected chi connectivity index (χ1v) is 10.0. The fourth-order valence-electron chi connectivity index (χ4n) is 3.38. The van der Waals surface area contributed by atoms with Gasteiger partial charge in [0.25, 0.3) is 0 Å². The number of piperidine rings is 1. The Morgan fingerprint density at radius 1 is 1.11 bits per heavy atom. The number of hydrogen-bond acceptors (Lipinski definition) is 5. The van der Waals surface area contributed by atoms with Gasteiger partial charge in [-0.2, -0.15) is 0 Å². The lowest BCUT2D eigenvalue weighted by Gasteiger charge is -2.32. The lowest BCUT2D eigenvalue weighted by atomic mass is 9.97. The Balaban J connectivity index is 1.42. The first-order valence-electron chi connectivity index (χ1n) is 9.24. The summed E-state index contributed by atoms with van der Waals surface area (Å²) >= 11 is 3.43. The minimum atomic E-state index is -0.0746. The highest BCUT2D eigenvalue weighted by Gasteiger charge is 2.27. The van der Waals surface area contributed by atoms with Gasteiger partial charge in [0, 0.05) is 41.2 Å². The molecule has 3 aromatic rings. The largest absolute Gasteiger partial charge is 0.354 e. The third kappa shape index (κ3) is 4.36. The summed E-state index contributed by atoms with van der Waals surface area (Å²) in [6.45, 7) is 1.52. The van der Waals surface area contributed by atoms with E-state index >= 15 is 0 Å². The summed E-state index contributed by atoms with van der Waals surface area (Å²) < 4.78 is 0.945. The van der Waals surface area contributed by atoms with Crippen molar-refractivity contribution in [1.82, 2.24) is 15.2 Å². The second kappa shape index (κ2) is 8.48. The van der Waals surface area contributed by atoms with E-state index in [4.69, 9.17) is 0 Å². The molecule has 0 radical (unpaired) electrons. The zero-order chi connectivity index (χ0) is 19.3. The molecule has 1 N–H and O–H groups in total. The Labute approximate surface area is 172 Å². The summed E-state index contributed by atoms with van der Waals surface area (Å²) in [6, 6.07) is 15.4. The maximum absolute atomic E-state index is 12.7. The predicted molar refractivity (Wildman–Crippen MR) is 113 cm³/mol. The number of anilines is 2. The molecule has 1 aliphatic rings. The molecule has 0 aliphatic carbocycles. The molecule has 1 aromatic carbocycles. The van der Waals surface area contributed by atoms with Crippen LogP contribution in [0, 0.1) is 5.92 Å². The number of carbonyl (C=O) groups excluding carboxylic acids is 1. The van der Waals surface area contributed by atoms with Crippen LogP contribution < -0.4 is 10.2 Å². The van der Waals surface area contributed by atoms with Crippen molar-refractivity contribution in [3.63, 3.8) is 0 Å². The number of aromatic nitrogens is 3. The first kappa shape index (κ1) is 18.6. The normalized spacial score (nSPS) is 16.6. The lowest BCUT2D eigenvalue weighted by molar-refractivity contribution is -0.120. The summed E-state index contributed by atoms with van der Waals surface area (Å²) in [6.07, 6.45) is 5.30. The van der Waals surface area contributed by atoms with Gasteiger partial charge in [0.1, 0.15) is 0 Å². The zero-order valence-corrected chi connectivity index (χ0v) is 16.8. The van der Waals surface area contributed by atoms with Crippen LogP contribution in [0.15, 0.2) is 65.4 Å². The van der Waals surface area contributed by atoms with Gasteiger partial charge in [-0.15, -0.1) is 10.2 Å². The molecule has 6 nitrogen and oxygen atoms in total. The highest BCUT2D eigenvalue weighted by molar-refractivity contribution is 9.10. The van der Waals surface area contributed by atoms with Crippen molar-refractivity contribution in [1.29, 1.82) is 0 Å². The van der Waals surface area contributed by atoms with E-state index in [1.807, 2.05) is 48.5 Å². The molecule has 7 heteroatoms. The smallest absolute Gasteiger partial charge is 0.229 e. The second-order valence-corrected chi connectivity index (χ2v) is 7.71. The maximum Gasteiger partial charge on any atom is 0.229 e. The lowest BCUT2D eigenvalue weighted by Crippen LogP contribution is -2.41. The molecule has 1 fully saturated rings. The van der Waals surface area contributed by atoms with Crippen molar-refractivity contribution < 1.29 is 4.79 Å². The van der Waals surface area contributed by atoms with Crippen LogP contribution in [0.5, 0.6) is 0 Å². The minimum Gasteiger partial charge on any atom is -0.354 e. The van der Waals surface area contributed by atoms with Crippen LogP contribution >= 0.6 is 15.9 Å². The molecule has 4 rings (SSSR count). The molecule has 28 heavy (non-hydrogen) atoms. The third-order valence-corrected chi connectivity index (χ3v) is 5.33. The average molecular weight is 438 g/mol. The Bertz CT molecular complexity index is 949. The zero-order valence-electron chi connectivity index (χ0n) is 15.3. The van der Waals surface area contributed by atoms with Crippen molar-refractivity contribution >= 4 is 33.3 Å². The molecule has 0 saturated carbocycles. The van der Waals surface area contributed by atoms with Crippen LogP contribution in [0.1, 0.15) is 12.8 Å². The van der Waals surface area contributed by atoms with Crippen LogP contribution in [-0.4, -0.2) is 34.2 Å². The van der Waals surface area contributed by atoms with Crippen LogP contribution in [0.25, 0.3) is 11.3 Å². The van der Waals surface area contributed by atoms with Gasteiger partial charge in [-0.25, -0.2) is 0 Å². The van der Waals surface area contributed by atoms with Gasteiger partial charge in [0.2, 0.25) is 5.91 Å². The summed E-state index contributed by atoms with van der Waals surface area (Å²) in [5, 5.41) is 11.7. The van der Waals surface area contributed by atoms with Crippen molar-refractivity contribution in [3.05, 3.63) is 65.4 Å². The number of hydrogen-bond donors (Lipinski definition) is 1. The summed E-state index contributed by atoms with van der Waals surface area (Å²) in [5.74, 6) is 0.774. The van der Waals surface area contributed by atoms with E-state index in [0.717, 1.165) is 46.6 Å². The van der Waals surface area contributed by atoms with Crippen LogP contribution in [-0.2, 0) is 4.79 Å². The first-order chi connectivity index (χ1) is 13.7. The van der Waals surface area contributed by atoms with E-state index in [0.29, 0.717) is 6.54 Å². The summed E-state index contributed by atoms with van der Waals surface area (Å²) in [5.41, 5.74) is 2.60. The van der Waals surface area contributed by atoms with E-state index in [1.165, 1.54) is 0 Å². The van der Waals surface area contributed by atoms with Crippen LogP contribution in [0.3, 0.4) is 0 Å². The molecule has 1 amide bonds. The van der Waals surface area contributed by atoms with Crippen molar-refractivity contribution in [2.45, 2.75) is 12.8 Å². The molecular weight excluding hydrogens is 418 g/mol. The quantitative estimate of drug-likeness (QED) is 0.663. The number of nitrogens with one attached hydrogen (secondary N) is 1. The van der Waals surface area contributed by atoms with Gasteiger partial charge in [0.15, 0.2) is 5.82 Å². The van der Waals surface area contributed by atoms with E-state index in [1.54, 1.807) is 12.4 Å². The van der Waals surface area contributed by atoms with Gasteiger partial charge < -0.3 is 10.2 Å². The molecule has 1 saturated heterocycles. The summed E-state index contributed by atoms with van der Waals surface area (Å²) in [4.78, 5) is 18.9. The molecule has 1 unspecified atom stereocenters. The van der Waals surface area contributed by atoms with Gasteiger partial charge in [0.05, 0.1) is 11.6 Å². The minimum absolute atomic E-state index is 0.0455. The Morgan fingerprint density at radius 3 is 2.71 bits per heavy atom. The van der Waals surface area contributed by atoms with E-state index < -0.39 is 0 Å². The standard InChI is InChI=1S/C21H20BrN5O/c22-17-4-1-5-18(13-17)24-21(28)16-3-2-12-27(14-16)20-7-6-19(25-26-20)15-8-10-23-11-9-15/h1,4-11,13,16H,2-3,12,14H2,(H,24,28). The highest BCUT2D eigenvalue weighted by atomic mass is 79.9. The molecule has 142 valence electrons. The van der Waals surface area contributed by atoms with E-state index in [-0.39, 0.29) is 11.8 Å². The highest BCUT2D eigenvalue weighted by Crippen LogP contribution is 2.24. The molecule has 1 atom stereocenters. The fourth-order valence-corrected chi connectivity index (χ4v) is 3.78. The Kier molecular flexibility index (Phi) is 5.62. The van der Waals surface area contributed by atoms with Crippen molar-refractivity contribution in [2.75, 3.05) is 23.3 Å². The van der Waals surface area contributed by atoms with Gasteiger partial charge in [-0.1, -0.05) is 22.0 Å². The Hall–Kier alpha value is -2.80. The Morgan fingerprint density at radius 2 is 1.96 bits per heavy atom. The molecule has 0 bridgehead atoms. The van der Waals surface area contributed by atoms with Gasteiger partial charge in [-0.3, -0.25) is 9.78 Å². The van der Waals surface area contributed by atoms with Crippen molar-refractivity contribution in [3.8, 4) is 11.3 Å². The van der Waals surface area contributed by atoms with Gasteiger partial charge >= 0.3 is 0 Å². The number of carbonyl (C=O) groups is 1. The number of nitrogens with zero attached hydrogens (tertiary/aromatic N) is 4. The number of amides is 1. The molecule has 3 heterocycles. The number of halogens is 1. The topological polar surface area (TPSA) is 71.0 Å². The number of rotatable bonds is 4. The monoisotopic (exact) mass is 437 g/mol. The number of benzene rings is 1. The molecule has 2 aromatic heterocycles. The maximum atomic E-state index is 12.7. The average Bonchev–Trinajstić information content (AvgIpc) is 2.75. The third-order valence-electron chi connectivity index (χ3n) is 4.83. The van der Waals surface area contributed by atoms with E-state index in [2.05, 4.69) is 41.3 Å². The molecule has 0 spiro atoms. The summed E-state index contributed by atoms with van der Waals surface area (Å²) in [7, 11) is 0. The SMILES string of the molecule is O=C(Nc1cccc(Br)c1)C1CCCN(c2ccc(-c3ccncc3)nn2)C1. The second-order valence-electron chi connectivity index (χ2n) is 6.80. The predicted octanol–water partition coefficient (Wildman–Crippen LogP) is 4.16. The van der Waals surface area contributed by atoms with Crippen LogP contribution in [0.2, 0.25) is 0 Å². The fraction of sp³-hybridized carbons (Fsp3) is 0.238. The van der Waals surface area contributed by atoms with E-state index in [9.17, 15) is 4.79 Å². The van der Waals surface area contributed by atoms with Crippen LogP contribution in [0.4, 0.5) is 11.5 Å².